The topological polar surface area (TPSA) is 58.2 Å². The molecule has 1 amide bonds. The Morgan fingerprint density at radius 3 is 2.32 bits per heavy atom. The van der Waals surface area contributed by atoms with Crippen LogP contribution in [0.4, 0.5) is 0 Å². The number of nitrogens with one attached hydrogen (secondary N) is 2. The molecule has 0 bridgehead atoms. The molecule has 2 aromatic carbocycles. The lowest BCUT2D eigenvalue weighted by Gasteiger charge is -2.22. The third-order valence-corrected chi connectivity index (χ3v) is 4.82. The van der Waals surface area contributed by atoms with E-state index in [0.717, 1.165) is 12.0 Å². The second kappa shape index (κ2) is 8.08. The third kappa shape index (κ3) is 4.54. The summed E-state index contributed by atoms with van der Waals surface area (Å²) in [6.45, 7) is 2.18. The molecular formula is C21H24N2O2. The highest BCUT2D eigenvalue weighted by molar-refractivity contribution is 5.85. The number of amides is 1. The van der Waals surface area contributed by atoms with Crippen molar-refractivity contribution in [2.75, 3.05) is 6.54 Å². The maximum absolute atomic E-state index is 12.7. The highest BCUT2D eigenvalue weighted by Gasteiger charge is 2.32. The Balaban J connectivity index is 1.71. The van der Waals surface area contributed by atoms with E-state index >= 15 is 0 Å². The first kappa shape index (κ1) is 17.4. The molecule has 1 saturated heterocycles. The van der Waals surface area contributed by atoms with Gasteiger partial charge in [0.2, 0.25) is 5.91 Å². The van der Waals surface area contributed by atoms with Crippen molar-refractivity contribution in [2.45, 2.75) is 31.8 Å². The van der Waals surface area contributed by atoms with Crippen LogP contribution in [0, 0.1) is 5.92 Å². The summed E-state index contributed by atoms with van der Waals surface area (Å²) in [6, 6.07) is 19.8. The fourth-order valence-corrected chi connectivity index (χ4v) is 3.30. The van der Waals surface area contributed by atoms with Gasteiger partial charge in [-0.1, -0.05) is 60.7 Å². The van der Waals surface area contributed by atoms with Crippen LogP contribution >= 0.6 is 0 Å². The van der Waals surface area contributed by atoms with Crippen molar-refractivity contribution in [1.29, 1.82) is 0 Å². The second-order valence-corrected chi connectivity index (χ2v) is 6.67. The molecule has 0 radical (unpaired) electrons. The van der Waals surface area contributed by atoms with Crippen molar-refractivity contribution in [2.24, 2.45) is 5.92 Å². The third-order valence-electron chi connectivity index (χ3n) is 4.82. The van der Waals surface area contributed by atoms with Crippen molar-refractivity contribution in [3.63, 3.8) is 0 Å². The number of carbonyl (C=O) groups excluding carboxylic acids is 2. The zero-order valence-corrected chi connectivity index (χ0v) is 14.4. The van der Waals surface area contributed by atoms with Gasteiger partial charge in [-0.3, -0.25) is 9.59 Å². The maximum atomic E-state index is 12.7. The van der Waals surface area contributed by atoms with Gasteiger partial charge in [0.1, 0.15) is 5.78 Å². The van der Waals surface area contributed by atoms with E-state index in [0.29, 0.717) is 13.0 Å². The molecule has 2 aromatic rings. The molecule has 0 saturated carbocycles. The molecule has 1 aliphatic rings. The zero-order valence-electron chi connectivity index (χ0n) is 14.4. The molecule has 25 heavy (non-hydrogen) atoms. The molecule has 1 heterocycles. The first-order valence-electron chi connectivity index (χ1n) is 8.76. The molecule has 4 nitrogen and oxygen atoms in total. The van der Waals surface area contributed by atoms with Crippen LogP contribution in [0.1, 0.15) is 30.5 Å². The summed E-state index contributed by atoms with van der Waals surface area (Å²) in [7, 11) is 0. The Labute approximate surface area is 148 Å². The molecule has 2 N–H and O–H groups in total. The SMILES string of the molecule is CC(=O)C1CNC(C(=O)NC(Cc2ccccc2)c2ccccc2)C1. The smallest absolute Gasteiger partial charge is 0.237 e. The van der Waals surface area contributed by atoms with E-state index in [2.05, 4.69) is 22.8 Å². The summed E-state index contributed by atoms with van der Waals surface area (Å²) < 4.78 is 0. The predicted molar refractivity (Wildman–Crippen MR) is 98.1 cm³/mol. The number of benzene rings is 2. The predicted octanol–water partition coefficient (Wildman–Crippen LogP) is 2.65. The summed E-state index contributed by atoms with van der Waals surface area (Å²) in [5.74, 6) is 0.0558. The Morgan fingerprint density at radius 2 is 1.72 bits per heavy atom. The number of hydrogen-bond acceptors (Lipinski definition) is 3. The van der Waals surface area contributed by atoms with E-state index in [1.807, 2.05) is 48.5 Å². The first-order chi connectivity index (χ1) is 12.1. The van der Waals surface area contributed by atoms with E-state index in [4.69, 9.17) is 0 Å². The molecular weight excluding hydrogens is 312 g/mol. The molecule has 3 rings (SSSR count). The summed E-state index contributed by atoms with van der Waals surface area (Å²) in [6.07, 6.45) is 1.31. The van der Waals surface area contributed by atoms with Crippen LogP contribution in [0.25, 0.3) is 0 Å². The number of Topliss-reactive ketones (excluding diaryl/α,β-unsaturated/α-hetero) is 1. The number of ketones is 1. The minimum Gasteiger partial charge on any atom is -0.348 e. The van der Waals surface area contributed by atoms with Crippen LogP contribution < -0.4 is 10.6 Å². The van der Waals surface area contributed by atoms with Crippen LogP contribution in [0.15, 0.2) is 60.7 Å². The van der Waals surface area contributed by atoms with E-state index in [9.17, 15) is 9.59 Å². The lowest BCUT2D eigenvalue weighted by atomic mass is 9.97. The minimum absolute atomic E-state index is 0.0338. The Hall–Kier alpha value is -2.46. The Morgan fingerprint density at radius 1 is 1.08 bits per heavy atom. The molecule has 1 fully saturated rings. The highest BCUT2D eigenvalue weighted by atomic mass is 16.2. The molecule has 3 atom stereocenters. The standard InChI is InChI=1S/C21H24N2O2/c1-15(24)18-13-20(22-14-18)21(25)23-19(17-10-6-3-7-11-17)12-16-8-4-2-5-9-16/h2-11,18-20,22H,12-14H2,1H3,(H,23,25). The van der Waals surface area contributed by atoms with Gasteiger partial charge in [-0.05, 0) is 30.9 Å². The quantitative estimate of drug-likeness (QED) is 0.853. The summed E-state index contributed by atoms with van der Waals surface area (Å²) in [5.41, 5.74) is 2.26. The van der Waals surface area contributed by atoms with Crippen molar-refractivity contribution >= 4 is 11.7 Å². The van der Waals surface area contributed by atoms with Crippen molar-refractivity contribution in [1.82, 2.24) is 10.6 Å². The van der Waals surface area contributed by atoms with E-state index in [1.165, 1.54) is 5.56 Å². The second-order valence-electron chi connectivity index (χ2n) is 6.67. The van der Waals surface area contributed by atoms with Crippen LogP contribution in [0.5, 0.6) is 0 Å². The average molecular weight is 336 g/mol. The van der Waals surface area contributed by atoms with Gasteiger partial charge in [0.05, 0.1) is 12.1 Å². The number of hydrogen-bond donors (Lipinski definition) is 2. The van der Waals surface area contributed by atoms with E-state index < -0.39 is 0 Å². The summed E-state index contributed by atoms with van der Waals surface area (Å²) in [4.78, 5) is 24.2. The van der Waals surface area contributed by atoms with Gasteiger partial charge in [-0.2, -0.15) is 0 Å². The van der Waals surface area contributed by atoms with Crippen LogP contribution in [0.3, 0.4) is 0 Å². The molecule has 3 unspecified atom stereocenters. The van der Waals surface area contributed by atoms with Gasteiger partial charge in [0.15, 0.2) is 0 Å². The zero-order chi connectivity index (χ0) is 17.6. The van der Waals surface area contributed by atoms with Gasteiger partial charge in [0.25, 0.3) is 0 Å². The molecule has 0 spiro atoms. The van der Waals surface area contributed by atoms with Gasteiger partial charge in [-0.15, -0.1) is 0 Å². The fourth-order valence-electron chi connectivity index (χ4n) is 3.30. The van der Waals surface area contributed by atoms with Gasteiger partial charge in [0, 0.05) is 12.5 Å². The normalized spacial score (nSPS) is 20.8. The molecule has 0 aliphatic carbocycles. The lowest BCUT2D eigenvalue weighted by molar-refractivity contribution is -0.123. The fraction of sp³-hybridized carbons (Fsp3) is 0.333. The number of carbonyl (C=O) groups is 2. The van der Waals surface area contributed by atoms with E-state index in [-0.39, 0.29) is 29.7 Å². The maximum Gasteiger partial charge on any atom is 0.237 e. The van der Waals surface area contributed by atoms with Crippen molar-refractivity contribution < 1.29 is 9.59 Å². The van der Waals surface area contributed by atoms with Crippen LogP contribution in [-0.4, -0.2) is 24.3 Å². The van der Waals surface area contributed by atoms with Gasteiger partial charge < -0.3 is 10.6 Å². The summed E-state index contributed by atoms with van der Waals surface area (Å²) in [5, 5.41) is 6.35. The average Bonchev–Trinajstić information content (AvgIpc) is 3.13. The molecule has 1 aliphatic heterocycles. The largest absolute Gasteiger partial charge is 0.348 e. The summed E-state index contributed by atoms with van der Waals surface area (Å²) >= 11 is 0. The Bertz CT molecular complexity index is 715. The van der Waals surface area contributed by atoms with E-state index in [1.54, 1.807) is 6.92 Å². The van der Waals surface area contributed by atoms with Gasteiger partial charge in [-0.25, -0.2) is 0 Å². The van der Waals surface area contributed by atoms with Gasteiger partial charge >= 0.3 is 0 Å². The minimum atomic E-state index is -0.295. The monoisotopic (exact) mass is 336 g/mol. The molecule has 0 aromatic heterocycles. The van der Waals surface area contributed by atoms with Crippen molar-refractivity contribution in [3.05, 3.63) is 71.8 Å². The van der Waals surface area contributed by atoms with Crippen LogP contribution in [0.2, 0.25) is 0 Å². The van der Waals surface area contributed by atoms with Crippen molar-refractivity contribution in [3.8, 4) is 0 Å². The lowest BCUT2D eigenvalue weighted by Crippen LogP contribution is -2.42. The highest BCUT2D eigenvalue weighted by Crippen LogP contribution is 2.20. The first-order valence-corrected chi connectivity index (χ1v) is 8.76. The Kier molecular flexibility index (Phi) is 5.61. The molecule has 4 heteroatoms. The van der Waals surface area contributed by atoms with Crippen LogP contribution in [-0.2, 0) is 16.0 Å². The molecule has 130 valence electrons. The number of rotatable bonds is 6.